The summed E-state index contributed by atoms with van der Waals surface area (Å²) in [7, 11) is -3.55. The Morgan fingerprint density at radius 3 is 2.75 bits per heavy atom. The Morgan fingerprint density at radius 2 is 2.08 bits per heavy atom. The van der Waals surface area contributed by atoms with E-state index in [9.17, 15) is 13.2 Å². The Hall–Kier alpha value is -2.35. The van der Waals surface area contributed by atoms with E-state index in [2.05, 4.69) is 14.9 Å². The number of amides is 1. The van der Waals surface area contributed by atoms with E-state index in [1.165, 1.54) is 0 Å². The first-order valence-corrected chi connectivity index (χ1v) is 9.38. The molecule has 1 saturated heterocycles. The maximum absolute atomic E-state index is 12.6. The van der Waals surface area contributed by atoms with Crippen molar-refractivity contribution in [1.29, 1.82) is 0 Å². The van der Waals surface area contributed by atoms with E-state index < -0.39 is 15.3 Å². The molecule has 1 aliphatic rings. The molecule has 2 N–H and O–H groups in total. The highest BCUT2D eigenvalue weighted by Crippen LogP contribution is 2.21. The van der Waals surface area contributed by atoms with Gasteiger partial charge in [-0.1, -0.05) is 18.2 Å². The van der Waals surface area contributed by atoms with Gasteiger partial charge in [0.25, 0.3) is 5.91 Å². The summed E-state index contributed by atoms with van der Waals surface area (Å²) in [6.07, 6.45) is 1.18. The molecule has 1 atom stereocenters. The molecule has 0 aliphatic carbocycles. The lowest BCUT2D eigenvalue weighted by Gasteiger charge is -2.32. The normalized spacial score (nSPS) is 18.4. The number of likely N-dealkylation sites (tertiary alicyclic amines) is 1. The van der Waals surface area contributed by atoms with E-state index in [4.69, 9.17) is 0 Å². The minimum atomic E-state index is -3.55. The molecule has 2 aromatic rings. The Morgan fingerprint density at radius 1 is 1.33 bits per heavy atom. The van der Waals surface area contributed by atoms with Crippen LogP contribution in [0.4, 0.5) is 5.69 Å². The summed E-state index contributed by atoms with van der Waals surface area (Å²) >= 11 is 0. The number of para-hydroxylation sites is 1. The van der Waals surface area contributed by atoms with Gasteiger partial charge in [0.05, 0.1) is 5.25 Å². The summed E-state index contributed by atoms with van der Waals surface area (Å²) in [5.41, 5.74) is 1.65. The molecule has 1 aliphatic heterocycles. The van der Waals surface area contributed by atoms with Crippen molar-refractivity contribution < 1.29 is 13.2 Å². The standard InChI is InChI=1S/C16H20N4O3S/c1-12-10-15(18-17-12)16(21)20-9-5-8-14(11-20)24(22,23)19-13-6-3-2-4-7-13/h2-4,6-7,10,14,19H,5,8-9,11H2,1H3,(H,17,18)/t14-/m1/s1. The molecular formula is C16H20N4O3S. The van der Waals surface area contributed by atoms with Gasteiger partial charge < -0.3 is 4.90 Å². The minimum Gasteiger partial charge on any atom is -0.336 e. The maximum Gasteiger partial charge on any atom is 0.274 e. The first kappa shape index (κ1) is 16.5. The third-order valence-corrected chi connectivity index (χ3v) is 5.85. The summed E-state index contributed by atoms with van der Waals surface area (Å²) in [4.78, 5) is 14.0. The predicted molar refractivity (Wildman–Crippen MR) is 91.2 cm³/mol. The van der Waals surface area contributed by atoms with Crippen LogP contribution in [-0.2, 0) is 10.0 Å². The fourth-order valence-corrected chi connectivity index (χ4v) is 4.30. The smallest absolute Gasteiger partial charge is 0.274 e. The Balaban J connectivity index is 1.72. The van der Waals surface area contributed by atoms with Crippen molar-refractivity contribution in [1.82, 2.24) is 15.1 Å². The van der Waals surface area contributed by atoms with Crippen LogP contribution in [0.1, 0.15) is 29.0 Å². The van der Waals surface area contributed by atoms with E-state index in [0.29, 0.717) is 30.8 Å². The zero-order chi connectivity index (χ0) is 17.2. The molecule has 0 bridgehead atoms. The molecule has 1 aromatic heterocycles. The summed E-state index contributed by atoms with van der Waals surface area (Å²) in [5.74, 6) is -0.237. The van der Waals surface area contributed by atoms with Crippen molar-refractivity contribution in [2.45, 2.75) is 25.0 Å². The molecule has 24 heavy (non-hydrogen) atoms. The van der Waals surface area contributed by atoms with Crippen molar-refractivity contribution >= 4 is 21.6 Å². The molecule has 1 aromatic carbocycles. The molecule has 0 saturated carbocycles. The van der Waals surface area contributed by atoms with Crippen molar-refractivity contribution in [2.75, 3.05) is 17.8 Å². The van der Waals surface area contributed by atoms with E-state index in [1.807, 2.05) is 13.0 Å². The van der Waals surface area contributed by atoms with Gasteiger partial charge in [-0.2, -0.15) is 5.10 Å². The van der Waals surface area contributed by atoms with Crippen LogP contribution in [0.5, 0.6) is 0 Å². The number of sulfonamides is 1. The molecule has 1 amide bonds. The number of piperidine rings is 1. The summed E-state index contributed by atoms with van der Waals surface area (Å²) in [6.45, 7) is 2.53. The molecule has 3 rings (SSSR count). The number of H-pyrrole nitrogens is 1. The first-order chi connectivity index (χ1) is 11.5. The van der Waals surface area contributed by atoms with Crippen molar-refractivity contribution in [3.63, 3.8) is 0 Å². The predicted octanol–water partition coefficient (Wildman–Crippen LogP) is 1.76. The maximum atomic E-state index is 12.6. The molecule has 1 fully saturated rings. The average Bonchev–Trinajstić information content (AvgIpc) is 3.01. The van der Waals surface area contributed by atoms with Crippen LogP contribution < -0.4 is 4.72 Å². The number of nitrogens with one attached hydrogen (secondary N) is 2. The molecule has 0 unspecified atom stereocenters. The topological polar surface area (TPSA) is 95.2 Å². The highest BCUT2D eigenvalue weighted by atomic mass is 32.2. The fraction of sp³-hybridized carbons (Fsp3) is 0.375. The highest BCUT2D eigenvalue weighted by Gasteiger charge is 2.33. The van der Waals surface area contributed by atoms with E-state index in [-0.39, 0.29) is 12.5 Å². The lowest BCUT2D eigenvalue weighted by molar-refractivity contribution is 0.0721. The molecule has 128 valence electrons. The largest absolute Gasteiger partial charge is 0.336 e. The number of carbonyl (C=O) groups is 1. The van der Waals surface area contributed by atoms with Crippen LogP contribution in [-0.4, -0.2) is 47.8 Å². The summed E-state index contributed by atoms with van der Waals surface area (Å²) in [6, 6.07) is 10.4. The molecule has 0 spiro atoms. The van der Waals surface area contributed by atoms with Gasteiger partial charge in [-0.25, -0.2) is 8.42 Å². The summed E-state index contributed by atoms with van der Waals surface area (Å²) < 4.78 is 27.8. The molecule has 0 radical (unpaired) electrons. The monoisotopic (exact) mass is 348 g/mol. The number of carbonyl (C=O) groups excluding carboxylic acids is 1. The first-order valence-electron chi connectivity index (χ1n) is 7.84. The van der Waals surface area contributed by atoms with Crippen molar-refractivity contribution in [3.8, 4) is 0 Å². The third-order valence-electron chi connectivity index (χ3n) is 4.06. The number of aromatic nitrogens is 2. The van der Waals surface area contributed by atoms with Gasteiger partial charge in [-0.3, -0.25) is 14.6 Å². The second-order valence-electron chi connectivity index (χ2n) is 5.96. The van der Waals surface area contributed by atoms with Gasteiger partial charge in [-0.15, -0.1) is 0 Å². The molecule has 7 nitrogen and oxygen atoms in total. The lowest BCUT2D eigenvalue weighted by Crippen LogP contribution is -2.46. The minimum absolute atomic E-state index is 0.174. The molecular weight excluding hydrogens is 328 g/mol. The zero-order valence-electron chi connectivity index (χ0n) is 13.4. The molecule has 8 heteroatoms. The highest BCUT2D eigenvalue weighted by molar-refractivity contribution is 7.93. The second-order valence-corrected chi connectivity index (χ2v) is 7.93. The van der Waals surface area contributed by atoms with Crippen molar-refractivity contribution in [2.24, 2.45) is 0 Å². The quantitative estimate of drug-likeness (QED) is 0.880. The molecule has 2 heterocycles. The number of aryl methyl sites for hydroxylation is 1. The summed E-state index contributed by atoms with van der Waals surface area (Å²) in [5, 5.41) is 6.07. The number of anilines is 1. The SMILES string of the molecule is Cc1cc(C(=O)N2CCC[C@@H](S(=O)(=O)Nc3ccccc3)C2)n[nH]1. The van der Waals surface area contributed by atoms with Crippen LogP contribution in [0, 0.1) is 6.92 Å². The lowest BCUT2D eigenvalue weighted by atomic mass is 10.1. The number of hydrogen-bond donors (Lipinski definition) is 2. The van der Waals surface area contributed by atoms with Gasteiger partial charge in [0.1, 0.15) is 5.69 Å². The van der Waals surface area contributed by atoms with Gasteiger partial charge in [0.15, 0.2) is 0 Å². The van der Waals surface area contributed by atoms with E-state index in [0.717, 1.165) is 5.69 Å². The number of nitrogens with zero attached hydrogens (tertiary/aromatic N) is 2. The van der Waals surface area contributed by atoms with Crippen LogP contribution in [0.3, 0.4) is 0 Å². The Bertz CT molecular complexity index is 817. The number of hydrogen-bond acceptors (Lipinski definition) is 4. The van der Waals surface area contributed by atoms with E-state index >= 15 is 0 Å². The van der Waals surface area contributed by atoms with E-state index in [1.54, 1.807) is 35.2 Å². The van der Waals surface area contributed by atoms with Gasteiger partial charge in [0, 0.05) is 24.5 Å². The fourth-order valence-electron chi connectivity index (χ4n) is 2.82. The van der Waals surface area contributed by atoms with Crippen LogP contribution in [0.25, 0.3) is 0 Å². The van der Waals surface area contributed by atoms with Crippen LogP contribution in [0.2, 0.25) is 0 Å². The number of rotatable bonds is 4. The van der Waals surface area contributed by atoms with Gasteiger partial charge in [0.2, 0.25) is 10.0 Å². The third kappa shape index (κ3) is 3.59. The van der Waals surface area contributed by atoms with Crippen LogP contribution >= 0.6 is 0 Å². The Kier molecular flexibility index (Phi) is 4.57. The Labute approximate surface area is 141 Å². The zero-order valence-corrected chi connectivity index (χ0v) is 14.2. The number of aromatic amines is 1. The average molecular weight is 348 g/mol. The van der Waals surface area contributed by atoms with Gasteiger partial charge >= 0.3 is 0 Å². The van der Waals surface area contributed by atoms with Crippen molar-refractivity contribution in [3.05, 3.63) is 47.8 Å². The number of benzene rings is 1. The van der Waals surface area contributed by atoms with Gasteiger partial charge in [-0.05, 0) is 38.0 Å². The second kappa shape index (κ2) is 6.64. The van der Waals surface area contributed by atoms with Crippen LogP contribution in [0.15, 0.2) is 36.4 Å².